The van der Waals surface area contributed by atoms with Gasteiger partial charge in [0.05, 0.1) is 12.6 Å². The number of benzene rings is 2. The molecule has 0 aliphatic carbocycles. The van der Waals surface area contributed by atoms with Gasteiger partial charge in [-0.15, -0.1) is 0 Å². The van der Waals surface area contributed by atoms with Crippen molar-refractivity contribution < 1.29 is 9.47 Å². The molecule has 1 N–H and O–H groups in total. The van der Waals surface area contributed by atoms with Gasteiger partial charge in [0, 0.05) is 31.2 Å². The molecule has 24 heavy (non-hydrogen) atoms. The Morgan fingerprint density at radius 1 is 0.958 bits per heavy atom. The lowest BCUT2D eigenvalue weighted by Gasteiger charge is -2.11. The molecule has 0 atom stereocenters. The van der Waals surface area contributed by atoms with E-state index in [2.05, 4.69) is 10.3 Å². The quantitative estimate of drug-likeness (QED) is 0.671. The van der Waals surface area contributed by atoms with Crippen LogP contribution in [0.1, 0.15) is 6.42 Å². The number of nitrogens with zero attached hydrogens (tertiary/aromatic N) is 2. The molecule has 0 aliphatic heterocycles. The molecule has 5 heteroatoms. The van der Waals surface area contributed by atoms with Crippen LogP contribution in [0.25, 0.3) is 22.3 Å². The van der Waals surface area contributed by atoms with Gasteiger partial charge in [-0.3, -0.25) is 0 Å². The minimum Gasteiger partial charge on any atom is -0.497 e. The lowest BCUT2D eigenvalue weighted by molar-refractivity contribution is 0.198. The lowest BCUT2D eigenvalue weighted by Crippen LogP contribution is -2.07. The fraction of sp³-hybridized carbons (Fsp3) is 0.263. The van der Waals surface area contributed by atoms with E-state index in [1.165, 1.54) is 0 Å². The maximum atomic E-state index is 5.21. The Morgan fingerprint density at radius 3 is 2.50 bits per heavy atom. The van der Waals surface area contributed by atoms with Gasteiger partial charge in [0.15, 0.2) is 5.82 Å². The third kappa shape index (κ3) is 3.63. The smallest absolute Gasteiger partial charge is 0.162 e. The molecule has 124 valence electrons. The van der Waals surface area contributed by atoms with Crippen LogP contribution in [0.2, 0.25) is 0 Å². The number of ether oxygens (including phenoxy) is 2. The van der Waals surface area contributed by atoms with E-state index in [0.29, 0.717) is 5.82 Å². The Labute approximate surface area is 141 Å². The summed E-state index contributed by atoms with van der Waals surface area (Å²) < 4.78 is 10.3. The molecule has 2 aromatic carbocycles. The zero-order valence-electron chi connectivity index (χ0n) is 14.0. The van der Waals surface area contributed by atoms with Crippen molar-refractivity contribution in [3.63, 3.8) is 0 Å². The molecule has 0 aliphatic rings. The largest absolute Gasteiger partial charge is 0.497 e. The minimum atomic E-state index is 0.700. The van der Waals surface area contributed by atoms with Gasteiger partial charge in [-0.1, -0.05) is 12.1 Å². The summed E-state index contributed by atoms with van der Waals surface area (Å²) in [4.78, 5) is 9.41. The molecule has 1 heterocycles. The minimum absolute atomic E-state index is 0.700. The number of aromatic nitrogens is 2. The highest BCUT2D eigenvalue weighted by atomic mass is 16.5. The molecule has 0 fully saturated rings. The van der Waals surface area contributed by atoms with Crippen LogP contribution in [-0.2, 0) is 4.74 Å². The van der Waals surface area contributed by atoms with E-state index in [1.807, 2.05) is 48.5 Å². The normalized spacial score (nSPS) is 10.8. The average molecular weight is 323 g/mol. The summed E-state index contributed by atoms with van der Waals surface area (Å²) in [5.74, 6) is 2.37. The summed E-state index contributed by atoms with van der Waals surface area (Å²) in [5.41, 5.74) is 1.88. The third-order valence-corrected chi connectivity index (χ3v) is 3.77. The molecular weight excluding hydrogens is 302 g/mol. The molecule has 0 unspecified atom stereocenters. The number of hydrogen-bond donors (Lipinski definition) is 1. The highest BCUT2D eigenvalue weighted by molar-refractivity contribution is 5.90. The first-order chi connectivity index (χ1) is 11.8. The fourth-order valence-corrected chi connectivity index (χ4v) is 2.50. The van der Waals surface area contributed by atoms with Gasteiger partial charge in [0.25, 0.3) is 0 Å². The standard InChI is InChI=1S/C19H21N3O2/c1-23-13-5-12-20-19-16-6-3-4-7-17(16)21-18(22-19)14-8-10-15(24-2)11-9-14/h3-4,6-11H,5,12-13H2,1-2H3,(H,20,21,22). The summed E-state index contributed by atoms with van der Waals surface area (Å²) >= 11 is 0. The number of nitrogens with one attached hydrogen (secondary N) is 1. The van der Waals surface area contributed by atoms with Crippen molar-refractivity contribution in [1.82, 2.24) is 9.97 Å². The van der Waals surface area contributed by atoms with E-state index >= 15 is 0 Å². The Morgan fingerprint density at radius 2 is 1.75 bits per heavy atom. The monoisotopic (exact) mass is 323 g/mol. The zero-order chi connectivity index (χ0) is 16.8. The maximum absolute atomic E-state index is 5.21. The topological polar surface area (TPSA) is 56.3 Å². The van der Waals surface area contributed by atoms with Crippen molar-refractivity contribution in [2.75, 3.05) is 32.7 Å². The zero-order valence-corrected chi connectivity index (χ0v) is 14.0. The fourth-order valence-electron chi connectivity index (χ4n) is 2.50. The number of anilines is 1. The van der Waals surface area contributed by atoms with E-state index in [0.717, 1.165) is 47.6 Å². The SMILES string of the molecule is COCCCNc1nc(-c2ccc(OC)cc2)nc2ccccc12. The summed E-state index contributed by atoms with van der Waals surface area (Å²) in [6.07, 6.45) is 0.923. The predicted octanol–water partition coefficient (Wildman–Crippen LogP) is 3.75. The van der Waals surface area contributed by atoms with Crippen LogP contribution < -0.4 is 10.1 Å². The van der Waals surface area contributed by atoms with Crippen molar-refractivity contribution >= 4 is 16.7 Å². The van der Waals surface area contributed by atoms with Gasteiger partial charge in [-0.05, 0) is 42.8 Å². The second-order valence-electron chi connectivity index (χ2n) is 5.41. The number of fused-ring (bicyclic) bond motifs is 1. The molecule has 0 radical (unpaired) electrons. The summed E-state index contributed by atoms with van der Waals surface area (Å²) in [5, 5.41) is 4.42. The van der Waals surface area contributed by atoms with Gasteiger partial charge < -0.3 is 14.8 Å². The molecule has 0 spiro atoms. The average Bonchev–Trinajstić information content (AvgIpc) is 2.65. The first-order valence-electron chi connectivity index (χ1n) is 7.96. The van der Waals surface area contributed by atoms with Gasteiger partial charge in [0.2, 0.25) is 0 Å². The van der Waals surface area contributed by atoms with Crippen LogP contribution in [0.3, 0.4) is 0 Å². The van der Waals surface area contributed by atoms with Crippen LogP contribution in [0, 0.1) is 0 Å². The van der Waals surface area contributed by atoms with E-state index in [1.54, 1.807) is 14.2 Å². The third-order valence-electron chi connectivity index (χ3n) is 3.77. The van der Waals surface area contributed by atoms with E-state index in [4.69, 9.17) is 14.5 Å². The Kier molecular flexibility index (Phi) is 5.23. The van der Waals surface area contributed by atoms with Gasteiger partial charge in [-0.25, -0.2) is 9.97 Å². The molecule has 3 aromatic rings. The van der Waals surface area contributed by atoms with Crippen molar-refractivity contribution in [2.45, 2.75) is 6.42 Å². The molecule has 0 saturated carbocycles. The number of rotatable bonds is 7. The molecular formula is C19H21N3O2. The maximum Gasteiger partial charge on any atom is 0.162 e. The second kappa shape index (κ2) is 7.75. The van der Waals surface area contributed by atoms with Crippen molar-refractivity contribution in [3.8, 4) is 17.1 Å². The van der Waals surface area contributed by atoms with Gasteiger partial charge >= 0.3 is 0 Å². The molecule has 0 amide bonds. The number of para-hydroxylation sites is 1. The van der Waals surface area contributed by atoms with Crippen LogP contribution in [0.5, 0.6) is 5.75 Å². The lowest BCUT2D eigenvalue weighted by atomic mass is 10.1. The number of methoxy groups -OCH3 is 2. The Balaban J connectivity index is 1.95. The summed E-state index contributed by atoms with van der Waals surface area (Å²) in [6.45, 7) is 1.53. The van der Waals surface area contributed by atoms with Gasteiger partial charge in [0.1, 0.15) is 11.6 Å². The van der Waals surface area contributed by atoms with Crippen LogP contribution in [-0.4, -0.2) is 37.3 Å². The molecule has 3 rings (SSSR count). The molecule has 0 bridgehead atoms. The highest BCUT2D eigenvalue weighted by Gasteiger charge is 2.09. The molecule has 1 aromatic heterocycles. The predicted molar refractivity (Wildman–Crippen MR) is 96.5 cm³/mol. The van der Waals surface area contributed by atoms with Crippen molar-refractivity contribution in [3.05, 3.63) is 48.5 Å². The Bertz CT molecular complexity index is 803. The van der Waals surface area contributed by atoms with E-state index in [9.17, 15) is 0 Å². The Hall–Kier alpha value is -2.66. The van der Waals surface area contributed by atoms with E-state index in [-0.39, 0.29) is 0 Å². The van der Waals surface area contributed by atoms with Crippen LogP contribution in [0.4, 0.5) is 5.82 Å². The highest BCUT2D eigenvalue weighted by Crippen LogP contribution is 2.26. The first kappa shape index (κ1) is 16.2. The van der Waals surface area contributed by atoms with Crippen LogP contribution in [0.15, 0.2) is 48.5 Å². The second-order valence-corrected chi connectivity index (χ2v) is 5.41. The number of hydrogen-bond acceptors (Lipinski definition) is 5. The molecule has 5 nitrogen and oxygen atoms in total. The van der Waals surface area contributed by atoms with E-state index < -0.39 is 0 Å². The molecule has 0 saturated heterocycles. The van der Waals surface area contributed by atoms with Crippen LogP contribution >= 0.6 is 0 Å². The summed E-state index contributed by atoms with van der Waals surface area (Å²) in [6, 6.07) is 15.8. The summed E-state index contributed by atoms with van der Waals surface area (Å²) in [7, 11) is 3.37. The van der Waals surface area contributed by atoms with Crippen molar-refractivity contribution in [2.24, 2.45) is 0 Å². The van der Waals surface area contributed by atoms with Gasteiger partial charge in [-0.2, -0.15) is 0 Å². The first-order valence-corrected chi connectivity index (χ1v) is 7.96. The van der Waals surface area contributed by atoms with Crippen molar-refractivity contribution in [1.29, 1.82) is 0 Å².